The van der Waals surface area contributed by atoms with Gasteiger partial charge in [0.05, 0.1) is 6.10 Å². The first kappa shape index (κ1) is 19.9. The summed E-state index contributed by atoms with van der Waals surface area (Å²) in [5.41, 5.74) is 0. The summed E-state index contributed by atoms with van der Waals surface area (Å²) < 4.78 is 0. The monoisotopic (exact) mass is 365 g/mol. The highest BCUT2D eigenvalue weighted by molar-refractivity contribution is 5.80. The first-order chi connectivity index (χ1) is 12.7. The Morgan fingerprint density at radius 1 is 1.08 bits per heavy atom. The Morgan fingerprint density at radius 2 is 1.85 bits per heavy atom. The number of hydrogen-bond acceptors (Lipinski definition) is 4. The van der Waals surface area contributed by atoms with Gasteiger partial charge in [-0.2, -0.15) is 0 Å². The fourth-order valence-electron chi connectivity index (χ4n) is 4.65. The molecule has 6 nitrogen and oxygen atoms in total. The molecule has 3 fully saturated rings. The molecule has 26 heavy (non-hydrogen) atoms. The molecule has 2 aliphatic heterocycles. The number of nitrogens with zero attached hydrogens (tertiary/aromatic N) is 3. The highest BCUT2D eigenvalue weighted by atomic mass is 16.3. The van der Waals surface area contributed by atoms with Crippen molar-refractivity contribution >= 4 is 5.96 Å². The van der Waals surface area contributed by atoms with Crippen molar-refractivity contribution in [3.05, 3.63) is 0 Å². The Morgan fingerprint density at radius 3 is 2.58 bits per heavy atom. The van der Waals surface area contributed by atoms with E-state index in [0.717, 1.165) is 64.0 Å². The molecular formula is C20H39N5O. The maximum absolute atomic E-state index is 9.59. The van der Waals surface area contributed by atoms with Gasteiger partial charge in [0.1, 0.15) is 0 Å². The minimum atomic E-state index is -0.0796. The fraction of sp³-hybridized carbons (Fsp3) is 0.950. The van der Waals surface area contributed by atoms with Gasteiger partial charge >= 0.3 is 0 Å². The molecule has 6 heteroatoms. The molecule has 0 aromatic rings. The van der Waals surface area contributed by atoms with E-state index in [2.05, 4.69) is 27.4 Å². The van der Waals surface area contributed by atoms with Crippen LogP contribution in [0.4, 0.5) is 0 Å². The first-order valence-corrected chi connectivity index (χ1v) is 10.9. The third-order valence-electron chi connectivity index (χ3n) is 6.21. The summed E-state index contributed by atoms with van der Waals surface area (Å²) in [6, 6.07) is 1.38. The molecule has 0 amide bonds. The molecule has 1 saturated carbocycles. The van der Waals surface area contributed by atoms with Crippen molar-refractivity contribution in [2.24, 2.45) is 4.99 Å². The third-order valence-corrected chi connectivity index (χ3v) is 6.21. The minimum Gasteiger partial charge on any atom is -0.393 e. The van der Waals surface area contributed by atoms with Gasteiger partial charge < -0.3 is 20.6 Å². The van der Waals surface area contributed by atoms with E-state index in [1.165, 1.54) is 45.2 Å². The average molecular weight is 366 g/mol. The molecule has 1 aliphatic carbocycles. The zero-order chi connectivity index (χ0) is 18.2. The molecule has 3 aliphatic rings. The van der Waals surface area contributed by atoms with Gasteiger partial charge in [-0.3, -0.25) is 9.89 Å². The Labute approximate surface area is 159 Å². The summed E-state index contributed by atoms with van der Waals surface area (Å²) >= 11 is 0. The van der Waals surface area contributed by atoms with E-state index in [4.69, 9.17) is 4.99 Å². The number of aliphatic imine (C=N–C) groups is 1. The first-order valence-electron chi connectivity index (χ1n) is 10.9. The number of nitrogens with one attached hydrogen (secondary N) is 2. The zero-order valence-corrected chi connectivity index (χ0v) is 16.6. The summed E-state index contributed by atoms with van der Waals surface area (Å²) in [5, 5.41) is 16.7. The van der Waals surface area contributed by atoms with E-state index in [0.29, 0.717) is 6.04 Å². The van der Waals surface area contributed by atoms with Crippen LogP contribution < -0.4 is 10.6 Å². The van der Waals surface area contributed by atoms with Crippen molar-refractivity contribution in [3.63, 3.8) is 0 Å². The van der Waals surface area contributed by atoms with E-state index < -0.39 is 0 Å². The summed E-state index contributed by atoms with van der Waals surface area (Å²) in [4.78, 5) is 9.95. The highest BCUT2D eigenvalue weighted by Crippen LogP contribution is 2.26. The normalized spacial score (nSPS) is 27.3. The smallest absolute Gasteiger partial charge is 0.191 e. The van der Waals surface area contributed by atoms with Crippen LogP contribution in [0.5, 0.6) is 0 Å². The lowest BCUT2D eigenvalue weighted by Gasteiger charge is -2.29. The van der Waals surface area contributed by atoms with Crippen LogP contribution in [-0.2, 0) is 0 Å². The van der Waals surface area contributed by atoms with Crippen molar-refractivity contribution in [1.82, 2.24) is 20.4 Å². The van der Waals surface area contributed by atoms with E-state index in [1.54, 1.807) is 0 Å². The van der Waals surface area contributed by atoms with Gasteiger partial charge in [-0.1, -0.05) is 12.8 Å². The third kappa shape index (κ3) is 6.10. The van der Waals surface area contributed by atoms with Crippen LogP contribution in [0.25, 0.3) is 0 Å². The Bertz CT molecular complexity index is 430. The second-order valence-corrected chi connectivity index (χ2v) is 8.25. The Kier molecular flexibility index (Phi) is 8.02. The van der Waals surface area contributed by atoms with E-state index in [-0.39, 0.29) is 6.10 Å². The number of piperidine rings is 1. The van der Waals surface area contributed by atoms with E-state index in [1.807, 2.05) is 0 Å². The molecule has 0 bridgehead atoms. The molecule has 2 saturated heterocycles. The van der Waals surface area contributed by atoms with Gasteiger partial charge in [-0.05, 0) is 52.0 Å². The number of rotatable bonds is 7. The number of likely N-dealkylation sites (tertiary alicyclic amines) is 2. The molecular weight excluding hydrogens is 326 g/mol. The lowest BCUT2D eigenvalue weighted by Crippen LogP contribution is -2.45. The molecule has 3 rings (SSSR count). The van der Waals surface area contributed by atoms with Gasteiger partial charge in [0, 0.05) is 51.4 Å². The van der Waals surface area contributed by atoms with Crippen LogP contribution in [0.3, 0.4) is 0 Å². The van der Waals surface area contributed by atoms with Gasteiger partial charge in [0.2, 0.25) is 0 Å². The van der Waals surface area contributed by atoms with Crippen molar-refractivity contribution in [2.75, 3.05) is 45.8 Å². The van der Waals surface area contributed by atoms with Crippen LogP contribution in [0.15, 0.2) is 4.99 Å². The Balaban J connectivity index is 1.37. The molecule has 0 radical (unpaired) electrons. The van der Waals surface area contributed by atoms with Gasteiger partial charge in [-0.25, -0.2) is 0 Å². The second kappa shape index (κ2) is 10.5. The summed E-state index contributed by atoms with van der Waals surface area (Å²) in [5.74, 6) is 0.986. The maximum Gasteiger partial charge on any atom is 0.191 e. The number of guanidine groups is 1. The van der Waals surface area contributed by atoms with Gasteiger partial charge in [0.25, 0.3) is 0 Å². The van der Waals surface area contributed by atoms with Crippen molar-refractivity contribution in [1.29, 1.82) is 0 Å². The second-order valence-electron chi connectivity index (χ2n) is 8.25. The molecule has 1 atom stereocenters. The molecule has 3 N–H and O–H groups in total. The highest BCUT2D eigenvalue weighted by Gasteiger charge is 2.30. The van der Waals surface area contributed by atoms with Crippen LogP contribution in [0.1, 0.15) is 58.3 Å². The quantitative estimate of drug-likeness (QED) is 0.362. The molecule has 0 spiro atoms. The predicted octanol–water partition coefficient (Wildman–Crippen LogP) is 1.41. The number of aliphatic hydroxyl groups is 1. The summed E-state index contributed by atoms with van der Waals surface area (Å²) in [7, 11) is 0. The molecule has 2 heterocycles. The van der Waals surface area contributed by atoms with E-state index in [9.17, 15) is 5.11 Å². The topological polar surface area (TPSA) is 63.1 Å². The molecule has 150 valence electrons. The average Bonchev–Trinajstić information content (AvgIpc) is 3.32. The predicted molar refractivity (Wildman–Crippen MR) is 108 cm³/mol. The van der Waals surface area contributed by atoms with Crippen LogP contribution in [0, 0.1) is 0 Å². The molecule has 0 aromatic carbocycles. The summed E-state index contributed by atoms with van der Waals surface area (Å²) in [6.07, 6.45) is 9.72. The lowest BCUT2D eigenvalue weighted by atomic mass is 10.1. The lowest BCUT2D eigenvalue weighted by molar-refractivity contribution is 0.0824. The zero-order valence-electron chi connectivity index (χ0n) is 16.6. The van der Waals surface area contributed by atoms with Crippen molar-refractivity contribution in [2.45, 2.75) is 76.5 Å². The van der Waals surface area contributed by atoms with Gasteiger partial charge in [-0.15, -0.1) is 0 Å². The van der Waals surface area contributed by atoms with Crippen LogP contribution >= 0.6 is 0 Å². The van der Waals surface area contributed by atoms with Crippen LogP contribution in [-0.4, -0.2) is 84.9 Å². The molecule has 0 aromatic heterocycles. The van der Waals surface area contributed by atoms with Crippen molar-refractivity contribution in [3.8, 4) is 0 Å². The standard InChI is InChI=1S/C20H39N5O/c1-2-21-20(22-11-5-12-24-13-9-19(26)10-14-24)23-17-8-15-25(16-17)18-6-3-4-7-18/h17-19,26H,2-16H2,1H3,(H2,21,22,23). The molecule has 1 unspecified atom stereocenters. The number of aliphatic hydroxyl groups excluding tert-OH is 1. The van der Waals surface area contributed by atoms with Crippen LogP contribution in [0.2, 0.25) is 0 Å². The summed E-state index contributed by atoms with van der Waals surface area (Å²) in [6.45, 7) is 9.48. The minimum absolute atomic E-state index is 0.0796. The Hall–Kier alpha value is -0.850. The fourth-order valence-corrected chi connectivity index (χ4v) is 4.65. The van der Waals surface area contributed by atoms with Crippen molar-refractivity contribution < 1.29 is 5.11 Å². The van der Waals surface area contributed by atoms with Gasteiger partial charge in [0.15, 0.2) is 5.96 Å². The largest absolute Gasteiger partial charge is 0.393 e. The number of hydrogen-bond donors (Lipinski definition) is 3. The van der Waals surface area contributed by atoms with E-state index >= 15 is 0 Å². The maximum atomic E-state index is 9.59. The SMILES string of the molecule is CCNC(=NCCCN1CCC(O)CC1)NC1CCN(C2CCCC2)C1.